The molecule has 1 nitrogen and oxygen atoms in total. The van der Waals surface area contributed by atoms with Crippen LogP contribution in [-0.2, 0) is 0 Å². The minimum atomic E-state index is -0.0334. The van der Waals surface area contributed by atoms with Gasteiger partial charge in [-0.05, 0) is 25.5 Å². The molecule has 0 unspecified atom stereocenters. The van der Waals surface area contributed by atoms with Crippen molar-refractivity contribution in [1.82, 2.24) is 5.32 Å². The first-order valence-electron chi connectivity index (χ1n) is 4.19. The maximum absolute atomic E-state index is 4.59. The Morgan fingerprint density at radius 3 is 2.75 bits per heavy atom. The van der Waals surface area contributed by atoms with Crippen LogP contribution >= 0.6 is 0 Å². The van der Waals surface area contributed by atoms with Gasteiger partial charge in [-0.1, -0.05) is 30.4 Å². The molecule has 1 aromatic rings. The third kappa shape index (κ3) is 1.22. The molecule has 0 atom stereocenters. The van der Waals surface area contributed by atoms with E-state index in [1.807, 2.05) is 12.1 Å². The molecule has 0 N–H and O–H groups in total. The number of hydrogen-bond acceptors (Lipinski definition) is 0. The van der Waals surface area contributed by atoms with Gasteiger partial charge in [0.25, 0.3) is 0 Å². The van der Waals surface area contributed by atoms with Crippen LogP contribution in [0.15, 0.2) is 30.3 Å². The fourth-order valence-corrected chi connectivity index (χ4v) is 1.37. The number of nitrogens with zero attached hydrogens (tertiary/aromatic N) is 1. The minimum Gasteiger partial charge on any atom is -0.275 e. The van der Waals surface area contributed by atoms with Crippen LogP contribution in [0.25, 0.3) is 6.08 Å². The highest BCUT2D eigenvalue weighted by Gasteiger charge is 2.20. The second-order valence-electron chi connectivity index (χ2n) is 3.66. The van der Waals surface area contributed by atoms with Crippen LogP contribution in [-0.4, -0.2) is 5.54 Å². The average molecular weight is 158 g/mol. The smallest absolute Gasteiger partial charge is 0.0742 e. The van der Waals surface area contributed by atoms with Crippen molar-refractivity contribution in [2.24, 2.45) is 0 Å². The Hall–Kier alpha value is -1.24. The van der Waals surface area contributed by atoms with E-state index in [9.17, 15) is 0 Å². The predicted molar refractivity (Wildman–Crippen MR) is 51.3 cm³/mol. The molecule has 1 heterocycles. The van der Waals surface area contributed by atoms with Crippen molar-refractivity contribution in [2.45, 2.75) is 19.4 Å². The molecule has 0 spiro atoms. The molecule has 0 saturated carbocycles. The third-order valence-corrected chi connectivity index (χ3v) is 2.02. The highest BCUT2D eigenvalue weighted by Crippen LogP contribution is 2.27. The zero-order valence-corrected chi connectivity index (χ0v) is 7.41. The lowest BCUT2D eigenvalue weighted by Crippen LogP contribution is -2.29. The van der Waals surface area contributed by atoms with Crippen molar-refractivity contribution in [2.75, 3.05) is 0 Å². The lowest BCUT2D eigenvalue weighted by atomic mass is 9.97. The standard InChI is InChI=1S/C11H12N/c1-11(2)8-7-9-5-3-4-6-10(9)12-11/h3-8H,1-2H3. The van der Waals surface area contributed by atoms with Gasteiger partial charge >= 0.3 is 0 Å². The van der Waals surface area contributed by atoms with Crippen LogP contribution in [0.1, 0.15) is 19.4 Å². The van der Waals surface area contributed by atoms with Gasteiger partial charge in [-0.15, -0.1) is 0 Å². The maximum Gasteiger partial charge on any atom is 0.0742 e. The summed E-state index contributed by atoms with van der Waals surface area (Å²) in [5.41, 5.74) is 2.29. The molecular formula is C11H12N. The van der Waals surface area contributed by atoms with E-state index in [2.05, 4.69) is 43.4 Å². The summed E-state index contributed by atoms with van der Waals surface area (Å²) in [5.74, 6) is 0. The van der Waals surface area contributed by atoms with Crippen molar-refractivity contribution in [3.05, 3.63) is 35.9 Å². The average Bonchev–Trinajstić information content (AvgIpc) is 2.02. The Labute approximate surface area is 73.1 Å². The van der Waals surface area contributed by atoms with Crippen LogP contribution in [0, 0.1) is 0 Å². The monoisotopic (exact) mass is 158 g/mol. The summed E-state index contributed by atoms with van der Waals surface area (Å²) in [6.07, 6.45) is 4.28. The zero-order valence-electron chi connectivity index (χ0n) is 7.41. The molecule has 0 amide bonds. The number of para-hydroxylation sites is 1. The van der Waals surface area contributed by atoms with Crippen LogP contribution in [0.5, 0.6) is 0 Å². The predicted octanol–water partition coefficient (Wildman–Crippen LogP) is 2.73. The summed E-state index contributed by atoms with van der Waals surface area (Å²) in [5, 5.41) is 4.59. The van der Waals surface area contributed by atoms with Gasteiger partial charge in [0.15, 0.2) is 0 Å². The summed E-state index contributed by atoms with van der Waals surface area (Å²) >= 11 is 0. The SMILES string of the molecule is CC1(C)C=Cc2ccccc2[N]1. The van der Waals surface area contributed by atoms with E-state index in [1.54, 1.807) is 0 Å². The Morgan fingerprint density at radius 2 is 1.92 bits per heavy atom. The number of rotatable bonds is 0. The second-order valence-corrected chi connectivity index (χ2v) is 3.66. The molecule has 1 aromatic carbocycles. The van der Waals surface area contributed by atoms with Crippen LogP contribution in [0.4, 0.5) is 5.69 Å². The van der Waals surface area contributed by atoms with Gasteiger partial charge in [-0.3, -0.25) is 5.32 Å². The summed E-state index contributed by atoms with van der Waals surface area (Å²) < 4.78 is 0. The van der Waals surface area contributed by atoms with Crippen LogP contribution < -0.4 is 5.32 Å². The Morgan fingerprint density at radius 1 is 1.17 bits per heavy atom. The van der Waals surface area contributed by atoms with Gasteiger partial charge in [0.2, 0.25) is 0 Å². The lowest BCUT2D eigenvalue weighted by Gasteiger charge is -2.25. The van der Waals surface area contributed by atoms with Crippen molar-refractivity contribution >= 4 is 11.8 Å². The normalized spacial score (nSPS) is 18.2. The molecular weight excluding hydrogens is 146 g/mol. The molecule has 0 fully saturated rings. The van der Waals surface area contributed by atoms with E-state index in [0.717, 1.165) is 5.69 Å². The quantitative estimate of drug-likeness (QED) is 0.551. The van der Waals surface area contributed by atoms with Crippen molar-refractivity contribution in [1.29, 1.82) is 0 Å². The molecule has 1 heteroatoms. The molecule has 12 heavy (non-hydrogen) atoms. The molecule has 0 saturated heterocycles. The van der Waals surface area contributed by atoms with Crippen molar-refractivity contribution in [3.63, 3.8) is 0 Å². The van der Waals surface area contributed by atoms with E-state index >= 15 is 0 Å². The van der Waals surface area contributed by atoms with Gasteiger partial charge in [0.1, 0.15) is 0 Å². The van der Waals surface area contributed by atoms with E-state index in [4.69, 9.17) is 0 Å². The van der Waals surface area contributed by atoms with E-state index in [0.29, 0.717) is 0 Å². The van der Waals surface area contributed by atoms with E-state index in [1.165, 1.54) is 5.56 Å². The number of fused-ring (bicyclic) bond motifs is 1. The molecule has 2 rings (SSSR count). The maximum atomic E-state index is 4.59. The molecule has 0 aromatic heterocycles. The minimum absolute atomic E-state index is 0.0334. The van der Waals surface area contributed by atoms with Gasteiger partial charge < -0.3 is 0 Å². The third-order valence-electron chi connectivity index (χ3n) is 2.02. The number of benzene rings is 1. The fraction of sp³-hybridized carbons (Fsp3) is 0.273. The van der Waals surface area contributed by atoms with Crippen LogP contribution in [0.3, 0.4) is 0 Å². The van der Waals surface area contributed by atoms with Crippen molar-refractivity contribution < 1.29 is 0 Å². The summed E-state index contributed by atoms with van der Waals surface area (Å²) in [7, 11) is 0. The largest absolute Gasteiger partial charge is 0.275 e. The second kappa shape index (κ2) is 2.37. The summed E-state index contributed by atoms with van der Waals surface area (Å²) in [6.45, 7) is 4.22. The Bertz CT molecular complexity index is 324. The van der Waals surface area contributed by atoms with Gasteiger partial charge in [0, 0.05) is 0 Å². The first-order chi connectivity index (χ1) is 5.67. The highest BCUT2D eigenvalue weighted by atomic mass is 15.0. The van der Waals surface area contributed by atoms with E-state index < -0.39 is 0 Å². The van der Waals surface area contributed by atoms with E-state index in [-0.39, 0.29) is 5.54 Å². The zero-order chi connectivity index (χ0) is 8.60. The fourth-order valence-electron chi connectivity index (χ4n) is 1.37. The van der Waals surface area contributed by atoms with Crippen molar-refractivity contribution in [3.8, 4) is 0 Å². The molecule has 0 aliphatic carbocycles. The van der Waals surface area contributed by atoms with Gasteiger partial charge in [0.05, 0.1) is 11.2 Å². The molecule has 0 bridgehead atoms. The summed E-state index contributed by atoms with van der Waals surface area (Å²) in [4.78, 5) is 0. The Kier molecular flexibility index (Phi) is 1.47. The number of hydrogen-bond donors (Lipinski definition) is 0. The Balaban J connectivity index is 2.46. The first-order valence-corrected chi connectivity index (χ1v) is 4.19. The van der Waals surface area contributed by atoms with Gasteiger partial charge in [-0.2, -0.15) is 0 Å². The highest BCUT2D eigenvalue weighted by molar-refractivity contribution is 5.67. The van der Waals surface area contributed by atoms with Gasteiger partial charge in [-0.25, -0.2) is 0 Å². The first kappa shape index (κ1) is 7.41. The molecule has 1 aliphatic rings. The molecule has 1 radical (unpaired) electrons. The van der Waals surface area contributed by atoms with Crippen LogP contribution in [0.2, 0.25) is 0 Å². The molecule has 61 valence electrons. The topological polar surface area (TPSA) is 14.1 Å². The summed E-state index contributed by atoms with van der Waals surface area (Å²) in [6, 6.07) is 8.21. The lowest BCUT2D eigenvalue weighted by molar-refractivity contribution is 0.546. The molecule has 1 aliphatic heterocycles.